The van der Waals surface area contributed by atoms with E-state index >= 15 is 0 Å². The smallest absolute Gasteiger partial charge is 0.421 e. The van der Waals surface area contributed by atoms with E-state index in [0.29, 0.717) is 25.6 Å². The summed E-state index contributed by atoms with van der Waals surface area (Å²) in [6, 6.07) is 0. The number of morpholine rings is 1. The van der Waals surface area contributed by atoms with Crippen LogP contribution >= 0.6 is 0 Å². The van der Waals surface area contributed by atoms with Gasteiger partial charge in [-0.05, 0) is 12.5 Å². The number of hydrogen-bond acceptors (Lipinski definition) is 4. The number of nitrogens with zero attached hydrogens (tertiary/aromatic N) is 2. The third-order valence-electron chi connectivity index (χ3n) is 2.17. The first-order valence-corrected chi connectivity index (χ1v) is 4.48. The maximum atomic E-state index is 11.1. The summed E-state index contributed by atoms with van der Waals surface area (Å²) in [7, 11) is 0. The molecule has 0 aliphatic carbocycles. The molecule has 76 valence electrons. The summed E-state index contributed by atoms with van der Waals surface area (Å²) in [5, 5.41) is 0. The summed E-state index contributed by atoms with van der Waals surface area (Å²) >= 11 is 0. The van der Waals surface area contributed by atoms with Gasteiger partial charge in [0, 0.05) is 6.54 Å². The average molecular weight is 196 g/mol. The largest absolute Gasteiger partial charge is 0.437 e. The predicted octanol–water partition coefficient (Wildman–Crippen LogP) is 0.769. The fourth-order valence-electron chi connectivity index (χ4n) is 1.55. The first-order chi connectivity index (χ1) is 6.68. The van der Waals surface area contributed by atoms with Gasteiger partial charge in [-0.15, -0.1) is 0 Å². The van der Waals surface area contributed by atoms with Gasteiger partial charge in [0.25, 0.3) is 0 Å². The zero-order valence-electron chi connectivity index (χ0n) is 8.02. The van der Waals surface area contributed by atoms with Crippen molar-refractivity contribution in [2.45, 2.75) is 13.2 Å². The molecule has 1 unspecified atom stereocenters. The Kier molecular flexibility index (Phi) is 2.25. The number of carbonyl (C=O) groups is 1. The van der Waals surface area contributed by atoms with Gasteiger partial charge in [-0.3, -0.25) is 0 Å². The van der Waals surface area contributed by atoms with Crippen LogP contribution < -0.4 is 0 Å². The van der Waals surface area contributed by atoms with E-state index in [-0.39, 0.29) is 6.23 Å². The number of amidine groups is 1. The van der Waals surface area contributed by atoms with Crippen LogP contribution in [0.25, 0.3) is 0 Å². The van der Waals surface area contributed by atoms with E-state index in [9.17, 15) is 4.79 Å². The van der Waals surface area contributed by atoms with Gasteiger partial charge in [0.15, 0.2) is 0 Å². The highest BCUT2D eigenvalue weighted by atomic mass is 16.6. The lowest BCUT2D eigenvalue weighted by molar-refractivity contribution is -0.0823. The first kappa shape index (κ1) is 9.21. The molecule has 1 fully saturated rings. The van der Waals surface area contributed by atoms with Gasteiger partial charge in [0.2, 0.25) is 6.23 Å². The van der Waals surface area contributed by atoms with E-state index in [1.165, 1.54) is 0 Å². The first-order valence-electron chi connectivity index (χ1n) is 4.48. The summed E-state index contributed by atoms with van der Waals surface area (Å²) in [5.41, 5.74) is 0.772. The number of carbonyl (C=O) groups excluding carboxylic acids is 1. The van der Waals surface area contributed by atoms with Gasteiger partial charge in [-0.2, -0.15) is 4.99 Å². The highest BCUT2D eigenvalue weighted by molar-refractivity contribution is 6.03. The van der Waals surface area contributed by atoms with Crippen molar-refractivity contribution in [1.29, 1.82) is 0 Å². The van der Waals surface area contributed by atoms with Gasteiger partial charge >= 0.3 is 6.09 Å². The van der Waals surface area contributed by atoms with Crippen LogP contribution in [0.3, 0.4) is 0 Å². The molecule has 0 N–H and O–H groups in total. The van der Waals surface area contributed by atoms with E-state index in [1.807, 2.05) is 11.8 Å². The number of fused-ring (bicyclic) bond motifs is 1. The third kappa shape index (κ3) is 1.50. The van der Waals surface area contributed by atoms with Crippen LogP contribution in [0.2, 0.25) is 0 Å². The summed E-state index contributed by atoms with van der Waals surface area (Å²) in [4.78, 5) is 16.8. The van der Waals surface area contributed by atoms with Crippen LogP contribution in [0.1, 0.15) is 6.92 Å². The Hall–Kier alpha value is -1.36. The van der Waals surface area contributed by atoms with E-state index in [1.54, 1.807) is 0 Å². The van der Waals surface area contributed by atoms with Crippen LogP contribution in [-0.4, -0.2) is 42.8 Å². The maximum Gasteiger partial charge on any atom is 0.437 e. The highest BCUT2D eigenvalue weighted by Gasteiger charge is 2.33. The third-order valence-corrected chi connectivity index (χ3v) is 2.17. The van der Waals surface area contributed by atoms with Crippen molar-refractivity contribution in [1.82, 2.24) is 4.90 Å². The van der Waals surface area contributed by atoms with Crippen molar-refractivity contribution in [3.63, 3.8) is 0 Å². The summed E-state index contributed by atoms with van der Waals surface area (Å²) in [6.07, 6.45) is -0.893. The Morgan fingerprint density at radius 2 is 2.50 bits per heavy atom. The molecule has 5 nitrogen and oxygen atoms in total. The zero-order chi connectivity index (χ0) is 10.1. The summed E-state index contributed by atoms with van der Waals surface area (Å²) < 4.78 is 10.2. The Morgan fingerprint density at radius 3 is 3.21 bits per heavy atom. The molecule has 0 spiro atoms. The second-order valence-electron chi connectivity index (χ2n) is 3.32. The van der Waals surface area contributed by atoms with Crippen molar-refractivity contribution >= 4 is 11.9 Å². The topological polar surface area (TPSA) is 51.1 Å². The lowest BCUT2D eigenvalue weighted by atomic mass is 10.2. The Balaban J connectivity index is 2.28. The van der Waals surface area contributed by atoms with Crippen LogP contribution in [0, 0.1) is 0 Å². The number of ether oxygens (including phenoxy) is 2. The molecule has 0 aromatic rings. The molecule has 0 aromatic heterocycles. The second-order valence-corrected chi connectivity index (χ2v) is 3.32. The molecule has 1 saturated heterocycles. The molecule has 2 aliphatic rings. The minimum atomic E-state index is -0.560. The van der Waals surface area contributed by atoms with Crippen molar-refractivity contribution in [2.24, 2.45) is 4.99 Å². The van der Waals surface area contributed by atoms with E-state index < -0.39 is 6.09 Å². The van der Waals surface area contributed by atoms with Gasteiger partial charge in [-0.25, -0.2) is 4.79 Å². The van der Waals surface area contributed by atoms with Gasteiger partial charge in [-0.1, -0.05) is 6.58 Å². The maximum absolute atomic E-state index is 11.1. The van der Waals surface area contributed by atoms with E-state index in [0.717, 1.165) is 5.57 Å². The van der Waals surface area contributed by atoms with Crippen molar-refractivity contribution in [3.05, 3.63) is 12.2 Å². The monoisotopic (exact) mass is 196 g/mol. The fourth-order valence-corrected chi connectivity index (χ4v) is 1.55. The number of amides is 1. The van der Waals surface area contributed by atoms with Crippen LogP contribution in [0.15, 0.2) is 17.1 Å². The van der Waals surface area contributed by atoms with E-state index in [4.69, 9.17) is 9.47 Å². The molecule has 2 rings (SSSR count). The highest BCUT2D eigenvalue weighted by Crippen LogP contribution is 2.17. The lowest BCUT2D eigenvalue weighted by Gasteiger charge is -2.38. The molecule has 0 aromatic carbocycles. The minimum Gasteiger partial charge on any atom is -0.421 e. The number of rotatable bonds is 1. The molecule has 5 heteroatoms. The average Bonchev–Trinajstić information content (AvgIpc) is 2.16. The number of hydrogen-bond donors (Lipinski definition) is 0. The summed E-state index contributed by atoms with van der Waals surface area (Å²) in [5.74, 6) is 0.620. The molecule has 0 saturated carbocycles. The normalized spacial score (nSPS) is 26.4. The Bertz CT molecular complexity index is 311. The van der Waals surface area contributed by atoms with E-state index in [2.05, 4.69) is 11.6 Å². The lowest BCUT2D eigenvalue weighted by Crippen LogP contribution is -2.53. The van der Waals surface area contributed by atoms with Gasteiger partial charge < -0.3 is 14.4 Å². The van der Waals surface area contributed by atoms with Crippen molar-refractivity contribution < 1.29 is 14.3 Å². The van der Waals surface area contributed by atoms with Crippen LogP contribution in [0.5, 0.6) is 0 Å². The van der Waals surface area contributed by atoms with Crippen LogP contribution in [0.4, 0.5) is 4.79 Å². The Morgan fingerprint density at radius 1 is 1.71 bits per heavy atom. The van der Waals surface area contributed by atoms with Crippen molar-refractivity contribution in [3.8, 4) is 0 Å². The summed E-state index contributed by atoms with van der Waals surface area (Å²) in [6.45, 7) is 7.32. The standard InChI is InChI=1S/C9H12N2O3/c1-6(2)8-10-9(12)14-7-5-13-4-3-11(7)8/h7H,1,3-5H2,2H3. The molecule has 2 heterocycles. The zero-order valence-corrected chi connectivity index (χ0v) is 8.02. The Labute approximate surface area is 82.0 Å². The minimum absolute atomic E-state index is 0.333. The molecule has 1 atom stereocenters. The molecule has 1 amide bonds. The van der Waals surface area contributed by atoms with Crippen LogP contribution in [-0.2, 0) is 9.47 Å². The molecule has 14 heavy (non-hydrogen) atoms. The predicted molar refractivity (Wildman–Crippen MR) is 50.0 cm³/mol. The van der Waals surface area contributed by atoms with Crippen molar-refractivity contribution in [2.75, 3.05) is 19.8 Å². The van der Waals surface area contributed by atoms with Gasteiger partial charge in [0.05, 0.1) is 6.61 Å². The molecule has 0 radical (unpaired) electrons. The molecule has 2 aliphatic heterocycles. The molecular formula is C9H12N2O3. The van der Waals surface area contributed by atoms with Gasteiger partial charge in [0.1, 0.15) is 12.4 Å². The fraction of sp³-hybridized carbons (Fsp3) is 0.556. The number of aliphatic imine (C=N–C) groups is 1. The quantitative estimate of drug-likeness (QED) is 0.621. The SMILES string of the molecule is C=C(C)C1=NC(=O)OC2COCCN12. The molecular weight excluding hydrogens is 184 g/mol. The molecule has 0 bridgehead atoms. The second kappa shape index (κ2) is 3.42.